The molecule has 0 unspecified atom stereocenters. The Morgan fingerprint density at radius 2 is 1.92 bits per heavy atom. The average molecular weight is 525 g/mol. The number of ether oxygens (including phenoxy) is 1. The Bertz CT molecular complexity index is 1860. The van der Waals surface area contributed by atoms with Crippen LogP contribution in [0, 0.1) is 17.1 Å². The van der Waals surface area contributed by atoms with Gasteiger partial charge in [0.1, 0.15) is 17.5 Å². The molecule has 0 saturated heterocycles. The fourth-order valence-corrected chi connectivity index (χ4v) is 4.60. The number of hydrogen-bond donors (Lipinski definition) is 2. The first-order chi connectivity index (χ1) is 18.6. The summed E-state index contributed by atoms with van der Waals surface area (Å²) in [6.45, 7) is 5.28. The molecule has 2 heterocycles. The van der Waals surface area contributed by atoms with Crippen LogP contribution in [0.5, 0.6) is 0 Å². The molecule has 10 heteroatoms. The van der Waals surface area contributed by atoms with E-state index in [9.17, 15) is 14.9 Å². The quantitative estimate of drug-likeness (QED) is 0.334. The number of aryl methyl sites for hydroxylation is 1. The van der Waals surface area contributed by atoms with Gasteiger partial charge in [-0.25, -0.2) is 14.3 Å². The molecule has 0 saturated carbocycles. The molecule has 0 aliphatic carbocycles. The Balaban J connectivity index is 1.64. The number of nitrogens with one attached hydrogen (secondary N) is 2. The highest BCUT2D eigenvalue weighted by atomic mass is 19.1. The van der Waals surface area contributed by atoms with E-state index in [2.05, 4.69) is 26.7 Å². The minimum atomic E-state index is -0.672. The standard InChI is InChI=1S/C29H25FN6O3/c1-29(2,3)39-28(38)32-15-24-20-11-17(9-10-19(20)27(37)35-34-24)22-14-33-36(4)26(22)25-21(13-31)18-8-6-5-7-16(18)12-23(25)30/h5-12,14H,15H2,1-4H3,(H,32,38)(H,35,37). The van der Waals surface area contributed by atoms with Crippen molar-refractivity contribution in [3.8, 4) is 28.5 Å². The van der Waals surface area contributed by atoms with Crippen molar-refractivity contribution in [1.29, 1.82) is 5.26 Å². The van der Waals surface area contributed by atoms with Crippen molar-refractivity contribution >= 4 is 27.6 Å². The number of benzene rings is 3. The van der Waals surface area contributed by atoms with E-state index in [1.807, 2.05) is 0 Å². The maximum atomic E-state index is 15.6. The third-order valence-electron chi connectivity index (χ3n) is 6.27. The van der Waals surface area contributed by atoms with Crippen molar-refractivity contribution in [3.63, 3.8) is 0 Å². The molecule has 0 spiro atoms. The normalized spacial score (nSPS) is 11.5. The first-order valence-electron chi connectivity index (χ1n) is 12.2. The molecule has 0 radical (unpaired) electrons. The molecule has 9 nitrogen and oxygen atoms in total. The van der Waals surface area contributed by atoms with E-state index >= 15 is 4.39 Å². The van der Waals surface area contributed by atoms with Crippen LogP contribution in [-0.4, -0.2) is 31.7 Å². The van der Waals surface area contributed by atoms with Crippen molar-refractivity contribution in [1.82, 2.24) is 25.3 Å². The van der Waals surface area contributed by atoms with Crippen LogP contribution in [-0.2, 0) is 18.3 Å². The number of aromatic amines is 1. The van der Waals surface area contributed by atoms with Gasteiger partial charge in [0.05, 0.1) is 40.6 Å². The highest BCUT2D eigenvalue weighted by molar-refractivity contribution is 5.98. The molecule has 0 fully saturated rings. The van der Waals surface area contributed by atoms with Gasteiger partial charge in [0, 0.05) is 23.4 Å². The lowest BCUT2D eigenvalue weighted by molar-refractivity contribution is 0.0523. The van der Waals surface area contributed by atoms with E-state index in [0.29, 0.717) is 44.1 Å². The van der Waals surface area contributed by atoms with Gasteiger partial charge in [-0.3, -0.25) is 9.48 Å². The van der Waals surface area contributed by atoms with Crippen molar-refractivity contribution in [2.45, 2.75) is 32.9 Å². The number of rotatable bonds is 4. The minimum absolute atomic E-state index is 0.00340. The van der Waals surface area contributed by atoms with Crippen LogP contribution >= 0.6 is 0 Å². The molecule has 0 aliphatic heterocycles. The van der Waals surface area contributed by atoms with E-state index < -0.39 is 23.1 Å². The van der Waals surface area contributed by atoms with Crippen LogP contribution in [0.15, 0.2) is 59.5 Å². The number of nitriles is 1. The van der Waals surface area contributed by atoms with Crippen LogP contribution < -0.4 is 10.9 Å². The van der Waals surface area contributed by atoms with Gasteiger partial charge in [-0.05, 0) is 49.9 Å². The van der Waals surface area contributed by atoms with Gasteiger partial charge >= 0.3 is 6.09 Å². The van der Waals surface area contributed by atoms with E-state index in [0.717, 1.165) is 0 Å². The number of fused-ring (bicyclic) bond motifs is 2. The maximum Gasteiger partial charge on any atom is 0.407 e. The van der Waals surface area contributed by atoms with E-state index in [1.54, 1.807) is 76.5 Å². The number of nitrogens with zero attached hydrogens (tertiary/aromatic N) is 4. The molecule has 39 heavy (non-hydrogen) atoms. The summed E-state index contributed by atoms with van der Waals surface area (Å²) < 4.78 is 22.4. The molecule has 0 atom stereocenters. The van der Waals surface area contributed by atoms with Gasteiger partial charge in [0.15, 0.2) is 0 Å². The van der Waals surface area contributed by atoms with Gasteiger partial charge < -0.3 is 10.1 Å². The van der Waals surface area contributed by atoms with Crippen molar-refractivity contribution < 1.29 is 13.9 Å². The SMILES string of the molecule is Cn1ncc(-c2ccc3c(=O)[nH]nc(CNC(=O)OC(C)(C)C)c3c2)c1-c1c(F)cc2ccccc2c1C#N. The number of amides is 1. The summed E-state index contributed by atoms with van der Waals surface area (Å²) in [6.07, 6.45) is 0.969. The highest BCUT2D eigenvalue weighted by Gasteiger charge is 2.23. The summed E-state index contributed by atoms with van der Waals surface area (Å²) >= 11 is 0. The first-order valence-corrected chi connectivity index (χ1v) is 12.2. The van der Waals surface area contributed by atoms with Gasteiger partial charge in [-0.15, -0.1) is 0 Å². The van der Waals surface area contributed by atoms with Crippen LogP contribution in [0.3, 0.4) is 0 Å². The fraction of sp³-hybridized carbons (Fsp3) is 0.207. The fourth-order valence-electron chi connectivity index (χ4n) is 4.60. The largest absolute Gasteiger partial charge is 0.444 e. The molecule has 2 N–H and O–H groups in total. The van der Waals surface area contributed by atoms with Crippen molar-refractivity contribution in [2.24, 2.45) is 7.05 Å². The number of carbonyl (C=O) groups excluding carboxylic acids is 1. The van der Waals surface area contributed by atoms with Crippen molar-refractivity contribution in [3.05, 3.63) is 82.2 Å². The lowest BCUT2D eigenvalue weighted by Gasteiger charge is -2.19. The predicted octanol–water partition coefficient (Wildman–Crippen LogP) is 5.18. The summed E-state index contributed by atoms with van der Waals surface area (Å²) in [4.78, 5) is 24.7. The Morgan fingerprint density at radius 1 is 1.15 bits per heavy atom. The topological polar surface area (TPSA) is 126 Å². The monoisotopic (exact) mass is 524 g/mol. The van der Waals surface area contributed by atoms with Gasteiger partial charge in [-0.1, -0.05) is 30.3 Å². The molecule has 0 bridgehead atoms. The van der Waals surface area contributed by atoms with Gasteiger partial charge in [0.25, 0.3) is 5.56 Å². The lowest BCUT2D eigenvalue weighted by atomic mass is 9.93. The van der Waals surface area contributed by atoms with Crippen LogP contribution in [0.2, 0.25) is 0 Å². The van der Waals surface area contributed by atoms with E-state index in [4.69, 9.17) is 4.74 Å². The van der Waals surface area contributed by atoms with E-state index in [-0.39, 0.29) is 17.7 Å². The Kier molecular flexibility index (Phi) is 6.36. The molecule has 3 aromatic carbocycles. The number of alkyl carbamates (subject to hydrolysis) is 1. The Morgan fingerprint density at radius 3 is 2.67 bits per heavy atom. The van der Waals surface area contributed by atoms with Gasteiger partial charge in [-0.2, -0.15) is 15.5 Å². The Hall–Kier alpha value is -5.04. The maximum absolute atomic E-state index is 15.6. The van der Waals surface area contributed by atoms with Crippen molar-refractivity contribution in [2.75, 3.05) is 0 Å². The second-order valence-corrected chi connectivity index (χ2v) is 10.1. The molecule has 5 rings (SSSR count). The number of aromatic nitrogens is 4. The van der Waals surface area contributed by atoms with Crippen LogP contribution in [0.25, 0.3) is 43.9 Å². The molecule has 1 amide bonds. The summed E-state index contributed by atoms with van der Waals surface area (Å²) in [5.41, 5.74) is 1.31. The molecular formula is C29H25FN6O3. The highest BCUT2D eigenvalue weighted by Crippen LogP contribution is 2.39. The zero-order valence-electron chi connectivity index (χ0n) is 21.8. The minimum Gasteiger partial charge on any atom is -0.444 e. The third kappa shape index (κ3) is 4.82. The zero-order chi connectivity index (χ0) is 27.9. The Labute approximate surface area is 222 Å². The average Bonchev–Trinajstić information content (AvgIpc) is 3.27. The summed E-state index contributed by atoms with van der Waals surface area (Å²) in [5, 5.41) is 25.8. The number of halogens is 1. The third-order valence-corrected chi connectivity index (χ3v) is 6.27. The summed E-state index contributed by atoms with van der Waals surface area (Å²) in [7, 11) is 1.68. The smallest absolute Gasteiger partial charge is 0.407 e. The second-order valence-electron chi connectivity index (χ2n) is 10.1. The molecule has 2 aromatic heterocycles. The van der Waals surface area contributed by atoms with E-state index in [1.165, 1.54) is 10.7 Å². The summed E-state index contributed by atoms with van der Waals surface area (Å²) in [6, 6.07) is 15.8. The zero-order valence-corrected chi connectivity index (χ0v) is 21.8. The number of hydrogen-bond acceptors (Lipinski definition) is 6. The number of carbonyl (C=O) groups is 1. The first kappa shape index (κ1) is 25.6. The van der Waals surface area contributed by atoms with Crippen LogP contribution in [0.1, 0.15) is 32.0 Å². The van der Waals surface area contributed by atoms with Crippen LogP contribution in [0.4, 0.5) is 9.18 Å². The second kappa shape index (κ2) is 9.68. The molecule has 0 aliphatic rings. The predicted molar refractivity (Wildman–Crippen MR) is 145 cm³/mol. The lowest BCUT2D eigenvalue weighted by Crippen LogP contribution is -2.32. The molecule has 5 aromatic rings. The molecular weight excluding hydrogens is 499 g/mol. The van der Waals surface area contributed by atoms with Gasteiger partial charge in [0.2, 0.25) is 0 Å². The molecule has 196 valence electrons. The summed E-state index contributed by atoms with van der Waals surface area (Å²) in [5.74, 6) is -0.545. The number of H-pyrrole nitrogens is 1.